The lowest BCUT2D eigenvalue weighted by Gasteiger charge is -2.49. The molecule has 2 fully saturated rings. The monoisotopic (exact) mass is 275 g/mol. The average Bonchev–Trinajstić information content (AvgIpc) is 2.56. The molecule has 4 nitrogen and oxygen atoms in total. The minimum atomic E-state index is 0.00732. The Kier molecular flexibility index (Phi) is 4.24. The molecule has 2 aliphatic rings. The Morgan fingerprint density at radius 1 is 1.00 bits per heavy atom. The largest absolute Gasteiger partial charge is 0.394 e. The molecule has 2 heterocycles. The average molecular weight is 275 g/mol. The van der Waals surface area contributed by atoms with E-state index in [0.29, 0.717) is 0 Å². The maximum atomic E-state index is 9.97. The number of nitrogens with one attached hydrogen (secondary N) is 1. The SMILES string of the molecule is OCC1(N2CCNCC2)CCN(c2ccccc2)CC1. The number of nitrogens with zero attached hydrogens (tertiary/aromatic N) is 2. The number of aliphatic hydroxyl groups excluding tert-OH is 1. The van der Waals surface area contributed by atoms with E-state index >= 15 is 0 Å². The molecule has 110 valence electrons. The zero-order chi connectivity index (χ0) is 13.8. The van der Waals surface area contributed by atoms with E-state index in [-0.39, 0.29) is 12.1 Å². The van der Waals surface area contributed by atoms with E-state index in [9.17, 15) is 5.11 Å². The number of anilines is 1. The van der Waals surface area contributed by atoms with Gasteiger partial charge in [0, 0.05) is 50.5 Å². The van der Waals surface area contributed by atoms with Gasteiger partial charge in [-0.25, -0.2) is 0 Å². The molecule has 20 heavy (non-hydrogen) atoms. The second-order valence-corrected chi connectivity index (χ2v) is 5.94. The second kappa shape index (κ2) is 6.12. The molecule has 1 aromatic carbocycles. The maximum absolute atomic E-state index is 9.97. The van der Waals surface area contributed by atoms with Gasteiger partial charge in [0.2, 0.25) is 0 Å². The van der Waals surface area contributed by atoms with Crippen LogP contribution in [0, 0.1) is 0 Å². The predicted octanol–water partition coefficient (Wildman–Crippen LogP) is 0.923. The van der Waals surface area contributed by atoms with Crippen LogP contribution in [0.4, 0.5) is 5.69 Å². The van der Waals surface area contributed by atoms with Crippen LogP contribution < -0.4 is 10.2 Å². The highest BCUT2D eigenvalue weighted by Gasteiger charge is 2.39. The molecule has 2 aliphatic heterocycles. The Labute approximate surface area is 121 Å². The molecule has 0 aromatic heterocycles. The Balaban J connectivity index is 1.66. The fourth-order valence-electron chi connectivity index (χ4n) is 3.53. The van der Waals surface area contributed by atoms with Crippen molar-refractivity contribution in [1.82, 2.24) is 10.2 Å². The summed E-state index contributed by atoms with van der Waals surface area (Å²) in [6.07, 6.45) is 2.11. The van der Waals surface area contributed by atoms with E-state index in [2.05, 4.69) is 45.4 Å². The number of rotatable bonds is 3. The number of aliphatic hydroxyl groups is 1. The van der Waals surface area contributed by atoms with Crippen molar-refractivity contribution in [2.24, 2.45) is 0 Å². The summed E-state index contributed by atoms with van der Waals surface area (Å²) in [5.41, 5.74) is 1.31. The molecule has 0 aliphatic carbocycles. The summed E-state index contributed by atoms with van der Waals surface area (Å²) in [7, 11) is 0. The van der Waals surface area contributed by atoms with E-state index in [1.165, 1.54) is 5.69 Å². The predicted molar refractivity (Wildman–Crippen MR) is 82.1 cm³/mol. The lowest BCUT2D eigenvalue weighted by molar-refractivity contribution is 0.00268. The third-order valence-corrected chi connectivity index (χ3v) is 4.90. The third kappa shape index (κ3) is 2.68. The molecule has 3 rings (SSSR count). The molecule has 2 saturated heterocycles. The van der Waals surface area contributed by atoms with Gasteiger partial charge in [-0.15, -0.1) is 0 Å². The normalized spacial score (nSPS) is 23.8. The van der Waals surface area contributed by atoms with Gasteiger partial charge in [0.05, 0.1) is 6.61 Å². The summed E-state index contributed by atoms with van der Waals surface area (Å²) >= 11 is 0. The van der Waals surface area contributed by atoms with Crippen LogP contribution in [0.3, 0.4) is 0 Å². The van der Waals surface area contributed by atoms with Crippen LogP contribution in [0.15, 0.2) is 30.3 Å². The fraction of sp³-hybridized carbons (Fsp3) is 0.625. The summed E-state index contributed by atoms with van der Waals surface area (Å²) in [5.74, 6) is 0. The van der Waals surface area contributed by atoms with Crippen molar-refractivity contribution >= 4 is 5.69 Å². The summed E-state index contributed by atoms with van der Waals surface area (Å²) in [4.78, 5) is 4.95. The zero-order valence-electron chi connectivity index (χ0n) is 12.1. The van der Waals surface area contributed by atoms with Crippen molar-refractivity contribution in [3.8, 4) is 0 Å². The quantitative estimate of drug-likeness (QED) is 0.860. The van der Waals surface area contributed by atoms with Crippen molar-refractivity contribution in [2.75, 3.05) is 50.8 Å². The molecule has 0 amide bonds. The molecule has 1 aromatic rings. The van der Waals surface area contributed by atoms with Crippen LogP contribution >= 0.6 is 0 Å². The summed E-state index contributed by atoms with van der Waals surface area (Å²) in [6, 6.07) is 10.6. The first-order chi connectivity index (χ1) is 9.84. The Morgan fingerprint density at radius 2 is 1.65 bits per heavy atom. The highest BCUT2D eigenvalue weighted by atomic mass is 16.3. The molecule has 0 unspecified atom stereocenters. The standard InChI is InChI=1S/C16H25N3O/c20-14-16(19-12-8-17-9-13-19)6-10-18(11-7-16)15-4-2-1-3-5-15/h1-5,17,20H,6-14H2. The number of hydrogen-bond acceptors (Lipinski definition) is 4. The first-order valence-corrected chi connectivity index (χ1v) is 7.71. The number of para-hydroxylation sites is 1. The number of hydrogen-bond donors (Lipinski definition) is 2. The highest BCUT2D eigenvalue weighted by molar-refractivity contribution is 5.46. The number of piperazine rings is 1. The lowest BCUT2D eigenvalue weighted by atomic mass is 9.85. The highest BCUT2D eigenvalue weighted by Crippen LogP contribution is 2.31. The van der Waals surface area contributed by atoms with Crippen LogP contribution in [0.1, 0.15) is 12.8 Å². The first kappa shape index (κ1) is 13.9. The van der Waals surface area contributed by atoms with E-state index in [1.807, 2.05) is 0 Å². The molecule has 0 atom stereocenters. The molecular formula is C16H25N3O. The van der Waals surface area contributed by atoms with Crippen LogP contribution in [0.25, 0.3) is 0 Å². The van der Waals surface area contributed by atoms with Gasteiger partial charge in [-0.3, -0.25) is 4.90 Å². The molecule has 0 spiro atoms. The third-order valence-electron chi connectivity index (χ3n) is 4.90. The summed E-state index contributed by atoms with van der Waals surface area (Å²) in [6.45, 7) is 6.57. The Hall–Kier alpha value is -1.10. The topological polar surface area (TPSA) is 38.7 Å². The van der Waals surface area contributed by atoms with Gasteiger partial charge in [-0.2, -0.15) is 0 Å². The first-order valence-electron chi connectivity index (χ1n) is 7.71. The van der Waals surface area contributed by atoms with Gasteiger partial charge in [0.25, 0.3) is 0 Å². The summed E-state index contributed by atoms with van der Waals surface area (Å²) in [5, 5.41) is 13.4. The van der Waals surface area contributed by atoms with Crippen LogP contribution in [-0.2, 0) is 0 Å². The number of benzene rings is 1. The van der Waals surface area contributed by atoms with Gasteiger partial charge in [-0.1, -0.05) is 18.2 Å². The van der Waals surface area contributed by atoms with Crippen molar-refractivity contribution in [3.05, 3.63) is 30.3 Å². The minimum Gasteiger partial charge on any atom is -0.394 e. The molecule has 0 saturated carbocycles. The van der Waals surface area contributed by atoms with Crippen molar-refractivity contribution in [2.45, 2.75) is 18.4 Å². The fourth-order valence-corrected chi connectivity index (χ4v) is 3.53. The molecule has 0 bridgehead atoms. The number of piperidine rings is 1. The van der Waals surface area contributed by atoms with E-state index in [4.69, 9.17) is 0 Å². The van der Waals surface area contributed by atoms with Crippen LogP contribution in [0.2, 0.25) is 0 Å². The second-order valence-electron chi connectivity index (χ2n) is 5.94. The van der Waals surface area contributed by atoms with Gasteiger partial charge in [-0.05, 0) is 25.0 Å². The Morgan fingerprint density at radius 3 is 2.25 bits per heavy atom. The van der Waals surface area contributed by atoms with Gasteiger partial charge < -0.3 is 15.3 Å². The van der Waals surface area contributed by atoms with Crippen molar-refractivity contribution in [1.29, 1.82) is 0 Å². The molecule has 4 heteroatoms. The van der Waals surface area contributed by atoms with Crippen LogP contribution in [-0.4, -0.2) is 61.4 Å². The molecular weight excluding hydrogens is 250 g/mol. The smallest absolute Gasteiger partial charge is 0.0616 e. The van der Waals surface area contributed by atoms with Crippen molar-refractivity contribution < 1.29 is 5.11 Å². The van der Waals surface area contributed by atoms with E-state index in [0.717, 1.165) is 52.1 Å². The van der Waals surface area contributed by atoms with E-state index in [1.54, 1.807) is 0 Å². The van der Waals surface area contributed by atoms with Gasteiger partial charge in [0.1, 0.15) is 0 Å². The summed E-state index contributed by atoms with van der Waals surface area (Å²) < 4.78 is 0. The maximum Gasteiger partial charge on any atom is 0.0616 e. The van der Waals surface area contributed by atoms with Gasteiger partial charge >= 0.3 is 0 Å². The van der Waals surface area contributed by atoms with Gasteiger partial charge in [0.15, 0.2) is 0 Å². The molecule has 0 radical (unpaired) electrons. The van der Waals surface area contributed by atoms with Crippen molar-refractivity contribution in [3.63, 3.8) is 0 Å². The minimum absolute atomic E-state index is 0.00732. The zero-order valence-corrected chi connectivity index (χ0v) is 12.1. The van der Waals surface area contributed by atoms with E-state index < -0.39 is 0 Å². The van der Waals surface area contributed by atoms with Crippen LogP contribution in [0.5, 0.6) is 0 Å². The lowest BCUT2D eigenvalue weighted by Crippen LogP contribution is -2.62. The Bertz CT molecular complexity index is 409. The molecule has 2 N–H and O–H groups in total.